The number of aliphatic hydroxyl groups is 2. The predicted molar refractivity (Wildman–Crippen MR) is 128 cm³/mol. The van der Waals surface area contributed by atoms with Crippen molar-refractivity contribution in [2.45, 2.75) is 38.2 Å². The Morgan fingerprint density at radius 2 is 1.81 bits per heavy atom. The molecule has 0 bridgehead atoms. The summed E-state index contributed by atoms with van der Waals surface area (Å²) >= 11 is 5.85. The van der Waals surface area contributed by atoms with Crippen LogP contribution in [0.1, 0.15) is 24.9 Å². The van der Waals surface area contributed by atoms with Crippen molar-refractivity contribution in [2.75, 3.05) is 12.5 Å². The van der Waals surface area contributed by atoms with Gasteiger partial charge >= 0.3 is 20.9 Å². The molecule has 1 heterocycles. The van der Waals surface area contributed by atoms with Gasteiger partial charge in [-0.2, -0.15) is 0 Å². The van der Waals surface area contributed by atoms with E-state index < -0.39 is 57.1 Å². The summed E-state index contributed by atoms with van der Waals surface area (Å²) in [5.41, 5.74) is -0.845. The van der Waals surface area contributed by atoms with Gasteiger partial charge in [-0.15, -0.1) is 0 Å². The Bertz CT molecular complexity index is 1310. The molecule has 0 aliphatic heterocycles. The highest BCUT2D eigenvalue weighted by atomic mass is 35.5. The predicted octanol–water partition coefficient (Wildman–Crippen LogP) is 0.883. The molecule has 0 amide bonds. The molecule has 1 aliphatic rings. The fraction of sp³-hybridized carbons (Fsp3) is 0.500. The van der Waals surface area contributed by atoms with E-state index in [-0.39, 0.29) is 18.5 Å². The Balaban J connectivity index is 1.76. The molecule has 2 aromatic rings. The van der Waals surface area contributed by atoms with Crippen LogP contribution in [0.3, 0.4) is 0 Å². The van der Waals surface area contributed by atoms with Crippen molar-refractivity contribution in [1.82, 2.24) is 9.13 Å². The van der Waals surface area contributed by atoms with Gasteiger partial charge in [-0.05, 0) is 24.1 Å². The lowest BCUT2D eigenvalue weighted by Crippen LogP contribution is -2.42. The molecule has 4 unspecified atom stereocenters. The van der Waals surface area contributed by atoms with Crippen LogP contribution in [-0.2, 0) is 32.1 Å². The number of nitrogens with zero attached hydrogens (tertiary/aromatic N) is 3. The van der Waals surface area contributed by atoms with E-state index in [1.807, 2.05) is 0 Å². The Labute approximate surface area is 210 Å². The third-order valence-electron chi connectivity index (χ3n) is 5.96. The van der Waals surface area contributed by atoms with Crippen molar-refractivity contribution < 1.29 is 43.4 Å². The van der Waals surface area contributed by atoms with Gasteiger partial charge in [-0.3, -0.25) is 18.3 Å². The summed E-state index contributed by atoms with van der Waals surface area (Å²) in [5, 5.41) is 25.8. The maximum absolute atomic E-state index is 13.0. The van der Waals surface area contributed by atoms with Crippen molar-refractivity contribution in [3.63, 3.8) is 0 Å². The fourth-order valence-corrected chi connectivity index (χ4v) is 6.77. The number of benzene rings is 1. The van der Waals surface area contributed by atoms with Crippen molar-refractivity contribution in [3.8, 4) is 0 Å². The molecule has 3 rings (SSSR count). The minimum Gasteiger partial charge on any atom is -0.390 e. The highest BCUT2D eigenvalue weighted by Crippen LogP contribution is 2.57. The normalized spacial score (nSPS) is 26.7. The summed E-state index contributed by atoms with van der Waals surface area (Å²) in [4.78, 5) is 45.9. The monoisotopic (exact) mass is 567 g/mol. The van der Waals surface area contributed by atoms with E-state index in [1.165, 1.54) is 35.4 Å². The number of hydrogen-bond acceptors (Lipinski definition) is 8. The van der Waals surface area contributed by atoms with Gasteiger partial charge in [0, 0.05) is 29.7 Å². The van der Waals surface area contributed by atoms with Crippen LogP contribution >= 0.6 is 26.8 Å². The van der Waals surface area contributed by atoms with Crippen LogP contribution in [0.2, 0.25) is 5.02 Å². The molecule has 0 spiro atoms. The molecule has 16 heteroatoms. The Morgan fingerprint density at radius 1 is 1.17 bits per heavy atom. The lowest BCUT2D eigenvalue weighted by atomic mass is 9.87. The van der Waals surface area contributed by atoms with Gasteiger partial charge in [0.25, 0.3) is 0 Å². The third kappa shape index (κ3) is 6.95. The summed E-state index contributed by atoms with van der Waals surface area (Å²) < 4.78 is 30.3. The smallest absolute Gasteiger partial charge is 0.340 e. The number of rotatable bonds is 9. The van der Waals surface area contributed by atoms with E-state index >= 15 is 0 Å². The van der Waals surface area contributed by atoms with Gasteiger partial charge in [0.2, 0.25) is 0 Å². The number of aromatic nitrogens is 2. The van der Waals surface area contributed by atoms with E-state index in [1.54, 1.807) is 24.3 Å². The SMILES string of the molecule is Cn1c(=O)n(C2C[C@](C)(COP(=O)(O)CP(=O)(O)O)C(O)C2O)cc/c1=N/OCc1ccc(Cl)cc1. The van der Waals surface area contributed by atoms with Crippen LogP contribution in [0.25, 0.3) is 0 Å². The topological polar surface area (TPSA) is 193 Å². The zero-order valence-corrected chi connectivity index (χ0v) is 22.0. The zero-order valence-electron chi connectivity index (χ0n) is 19.4. The highest BCUT2D eigenvalue weighted by molar-refractivity contribution is 7.70. The minimum absolute atomic E-state index is 0.0330. The van der Waals surface area contributed by atoms with Gasteiger partial charge in [0.15, 0.2) is 11.4 Å². The first-order chi connectivity index (χ1) is 16.6. The molecule has 1 saturated carbocycles. The number of halogens is 1. The first kappa shape index (κ1) is 28.8. The Hall–Kier alpha value is -1.79. The van der Waals surface area contributed by atoms with E-state index in [9.17, 15) is 29.0 Å². The Kier molecular flexibility index (Phi) is 8.72. The van der Waals surface area contributed by atoms with E-state index in [2.05, 4.69) is 5.16 Å². The molecule has 200 valence electrons. The van der Waals surface area contributed by atoms with Gasteiger partial charge in [0.05, 0.1) is 18.8 Å². The second-order valence-corrected chi connectivity index (χ2v) is 13.4. The van der Waals surface area contributed by atoms with E-state index in [0.29, 0.717) is 5.02 Å². The van der Waals surface area contributed by atoms with Crippen LogP contribution in [-0.4, -0.2) is 58.7 Å². The molecular formula is C20H28ClN3O10P2. The standard InChI is InChI=1S/C20H28ClN3O10P2/c1-20(11-34-36(31,32)12-35(28,29)30)9-15(17(25)18(20)26)24-8-7-16(23(2)19(24)27)22-33-10-13-3-5-14(21)6-4-13/h3-8,15,17-18,25-26H,9-12H2,1-2H3,(H,31,32)(H2,28,29,30)/b22-16-/t15?,17?,18?,20-/m1/s1. The van der Waals surface area contributed by atoms with Gasteiger partial charge in [-0.1, -0.05) is 35.8 Å². The number of hydrogen-bond donors (Lipinski definition) is 5. The molecule has 0 saturated heterocycles. The summed E-state index contributed by atoms with van der Waals surface area (Å²) in [6, 6.07) is 7.51. The summed E-state index contributed by atoms with van der Waals surface area (Å²) in [5.74, 6) is -1.38. The van der Waals surface area contributed by atoms with Crippen LogP contribution in [0.4, 0.5) is 0 Å². The average Bonchev–Trinajstić information content (AvgIpc) is 3.00. The zero-order chi connectivity index (χ0) is 26.9. The molecule has 5 atom stereocenters. The largest absolute Gasteiger partial charge is 0.390 e. The lowest BCUT2D eigenvalue weighted by Gasteiger charge is -2.29. The van der Waals surface area contributed by atoms with Crippen molar-refractivity contribution in [3.05, 3.63) is 63.1 Å². The first-order valence-electron chi connectivity index (χ1n) is 10.7. The van der Waals surface area contributed by atoms with Crippen molar-refractivity contribution >= 4 is 26.8 Å². The maximum Gasteiger partial charge on any atom is 0.340 e. The quantitative estimate of drug-likeness (QED) is 0.214. The average molecular weight is 568 g/mol. The highest BCUT2D eigenvalue weighted by Gasteiger charge is 2.52. The maximum atomic E-state index is 13.0. The molecule has 1 aliphatic carbocycles. The van der Waals surface area contributed by atoms with Crippen LogP contribution < -0.4 is 11.2 Å². The molecule has 5 N–H and O–H groups in total. The summed E-state index contributed by atoms with van der Waals surface area (Å²) in [6.45, 7) is 1.03. The first-order valence-corrected chi connectivity index (χ1v) is 14.6. The molecule has 13 nitrogen and oxygen atoms in total. The van der Waals surface area contributed by atoms with Crippen LogP contribution in [0.15, 0.2) is 46.5 Å². The molecule has 1 fully saturated rings. The molecule has 36 heavy (non-hydrogen) atoms. The van der Waals surface area contributed by atoms with Gasteiger partial charge in [-0.25, -0.2) is 4.79 Å². The van der Waals surface area contributed by atoms with Gasteiger partial charge < -0.3 is 34.3 Å². The van der Waals surface area contributed by atoms with E-state index in [4.69, 9.17) is 30.7 Å². The molecular weight excluding hydrogens is 540 g/mol. The third-order valence-corrected chi connectivity index (χ3v) is 9.65. The molecule has 1 aromatic heterocycles. The number of aliphatic hydroxyl groups excluding tert-OH is 2. The van der Waals surface area contributed by atoms with Crippen LogP contribution in [0.5, 0.6) is 0 Å². The minimum atomic E-state index is -4.83. The second kappa shape index (κ2) is 10.9. The second-order valence-electron chi connectivity index (χ2n) is 8.99. The van der Waals surface area contributed by atoms with E-state index in [0.717, 1.165) is 5.56 Å². The fourth-order valence-electron chi connectivity index (χ4n) is 3.96. The molecule has 0 radical (unpaired) electrons. The summed E-state index contributed by atoms with van der Waals surface area (Å²) in [6.07, 6.45) is -1.54. The Morgan fingerprint density at radius 3 is 2.42 bits per heavy atom. The molecule has 1 aromatic carbocycles. The lowest BCUT2D eigenvalue weighted by molar-refractivity contribution is -0.0379. The summed E-state index contributed by atoms with van der Waals surface area (Å²) in [7, 11) is -8.04. The van der Waals surface area contributed by atoms with Crippen LogP contribution in [0, 0.1) is 5.41 Å². The van der Waals surface area contributed by atoms with Crippen molar-refractivity contribution in [2.24, 2.45) is 17.6 Å². The van der Waals surface area contributed by atoms with Crippen molar-refractivity contribution in [1.29, 1.82) is 0 Å². The van der Waals surface area contributed by atoms with Gasteiger partial charge in [0.1, 0.15) is 12.7 Å².